The van der Waals surface area contributed by atoms with E-state index in [1.165, 1.54) is 19.2 Å². The molecule has 1 unspecified atom stereocenters. The van der Waals surface area contributed by atoms with Gasteiger partial charge in [-0.15, -0.1) is 0 Å². The molecule has 1 aromatic carbocycles. The average molecular weight is 268 g/mol. The van der Waals surface area contributed by atoms with E-state index in [2.05, 4.69) is 5.32 Å². The van der Waals surface area contributed by atoms with Crippen molar-refractivity contribution in [3.05, 3.63) is 29.6 Å². The Morgan fingerprint density at radius 2 is 2.16 bits per heavy atom. The van der Waals surface area contributed by atoms with Crippen LogP contribution in [-0.4, -0.2) is 25.1 Å². The van der Waals surface area contributed by atoms with Crippen LogP contribution in [0.4, 0.5) is 4.39 Å². The number of hydrogen-bond acceptors (Lipinski definition) is 3. The first-order valence-corrected chi connectivity index (χ1v) is 6.20. The number of hydrogen-bond donors (Lipinski definition) is 2. The maximum Gasteiger partial charge on any atom is 0.258 e. The second-order valence-electron chi connectivity index (χ2n) is 5.05. The van der Waals surface area contributed by atoms with E-state index in [-0.39, 0.29) is 23.8 Å². The van der Waals surface area contributed by atoms with E-state index < -0.39 is 17.3 Å². The van der Waals surface area contributed by atoms with Gasteiger partial charge >= 0.3 is 0 Å². The Labute approximate surface area is 113 Å². The van der Waals surface area contributed by atoms with Gasteiger partial charge in [-0.2, -0.15) is 0 Å². The molecule has 19 heavy (non-hydrogen) atoms. The van der Waals surface area contributed by atoms with E-state index in [9.17, 15) is 9.18 Å². The van der Waals surface area contributed by atoms with Crippen LogP contribution in [0.3, 0.4) is 0 Å². The van der Waals surface area contributed by atoms with Gasteiger partial charge < -0.3 is 15.8 Å². The molecular weight excluding hydrogens is 247 g/mol. The standard InChI is InChI=1S/C14H21FN2O2/c1-9(2)14(3,8-16)17-13(18)12-10(15)6-5-7-11(12)19-4/h5-7,9H,8,16H2,1-4H3,(H,17,18). The molecule has 0 saturated carbocycles. The van der Waals surface area contributed by atoms with Gasteiger partial charge in [-0.25, -0.2) is 4.39 Å². The highest BCUT2D eigenvalue weighted by molar-refractivity contribution is 5.97. The quantitative estimate of drug-likeness (QED) is 0.857. The van der Waals surface area contributed by atoms with E-state index in [4.69, 9.17) is 10.5 Å². The molecular formula is C14H21FN2O2. The van der Waals surface area contributed by atoms with Crippen LogP contribution in [0.1, 0.15) is 31.1 Å². The van der Waals surface area contributed by atoms with E-state index in [0.717, 1.165) is 0 Å². The zero-order chi connectivity index (χ0) is 14.6. The smallest absolute Gasteiger partial charge is 0.258 e. The minimum atomic E-state index is -0.611. The van der Waals surface area contributed by atoms with Crippen molar-refractivity contribution in [3.8, 4) is 5.75 Å². The average Bonchev–Trinajstić information content (AvgIpc) is 2.37. The van der Waals surface area contributed by atoms with E-state index in [0.29, 0.717) is 0 Å². The molecule has 0 aliphatic carbocycles. The van der Waals surface area contributed by atoms with Crippen LogP contribution in [0.2, 0.25) is 0 Å². The molecule has 106 valence electrons. The molecule has 0 bridgehead atoms. The first kappa shape index (κ1) is 15.4. The van der Waals surface area contributed by atoms with Crippen LogP contribution in [0.25, 0.3) is 0 Å². The highest BCUT2D eigenvalue weighted by Crippen LogP contribution is 2.23. The van der Waals surface area contributed by atoms with Crippen molar-refractivity contribution in [2.75, 3.05) is 13.7 Å². The fourth-order valence-corrected chi connectivity index (χ4v) is 1.65. The summed E-state index contributed by atoms with van der Waals surface area (Å²) in [5.74, 6) is -0.795. The number of ether oxygens (including phenoxy) is 1. The number of carbonyl (C=O) groups excluding carboxylic acids is 1. The van der Waals surface area contributed by atoms with Gasteiger partial charge in [-0.1, -0.05) is 19.9 Å². The lowest BCUT2D eigenvalue weighted by Crippen LogP contribution is -2.55. The maximum absolute atomic E-state index is 13.8. The number of methoxy groups -OCH3 is 1. The van der Waals surface area contributed by atoms with Crippen molar-refractivity contribution in [2.45, 2.75) is 26.3 Å². The molecule has 3 N–H and O–H groups in total. The number of amides is 1. The molecule has 0 aromatic heterocycles. The summed E-state index contributed by atoms with van der Waals surface area (Å²) in [6.07, 6.45) is 0. The van der Waals surface area contributed by atoms with Gasteiger partial charge in [0.05, 0.1) is 12.6 Å². The molecule has 0 saturated heterocycles. The zero-order valence-corrected chi connectivity index (χ0v) is 11.8. The van der Waals surface area contributed by atoms with Gasteiger partial charge in [0.25, 0.3) is 5.91 Å². The van der Waals surface area contributed by atoms with Gasteiger partial charge in [0.1, 0.15) is 17.1 Å². The fourth-order valence-electron chi connectivity index (χ4n) is 1.65. The lowest BCUT2D eigenvalue weighted by Gasteiger charge is -2.33. The Morgan fingerprint density at radius 3 is 2.63 bits per heavy atom. The predicted octanol–water partition coefficient (Wildman–Crippen LogP) is 1.94. The highest BCUT2D eigenvalue weighted by atomic mass is 19.1. The summed E-state index contributed by atoms with van der Waals surface area (Å²) >= 11 is 0. The second-order valence-corrected chi connectivity index (χ2v) is 5.05. The minimum Gasteiger partial charge on any atom is -0.496 e. The fraction of sp³-hybridized carbons (Fsp3) is 0.500. The Hall–Kier alpha value is -1.62. The lowest BCUT2D eigenvalue weighted by atomic mass is 9.88. The molecule has 0 spiro atoms. The van der Waals surface area contributed by atoms with Crippen molar-refractivity contribution in [1.82, 2.24) is 5.32 Å². The molecule has 0 aliphatic heterocycles. The van der Waals surface area contributed by atoms with Gasteiger partial charge in [-0.05, 0) is 25.0 Å². The van der Waals surface area contributed by atoms with Crippen molar-refractivity contribution < 1.29 is 13.9 Å². The van der Waals surface area contributed by atoms with Crippen molar-refractivity contribution in [3.63, 3.8) is 0 Å². The number of halogens is 1. The van der Waals surface area contributed by atoms with Crippen LogP contribution in [0.5, 0.6) is 5.75 Å². The summed E-state index contributed by atoms with van der Waals surface area (Å²) in [6, 6.07) is 4.27. The van der Waals surface area contributed by atoms with Gasteiger partial charge in [0.15, 0.2) is 0 Å². The number of nitrogens with one attached hydrogen (secondary N) is 1. The summed E-state index contributed by atoms with van der Waals surface area (Å²) in [4.78, 5) is 12.2. The maximum atomic E-state index is 13.8. The van der Waals surface area contributed by atoms with Crippen LogP contribution in [-0.2, 0) is 0 Å². The molecule has 0 radical (unpaired) electrons. The summed E-state index contributed by atoms with van der Waals surface area (Å²) < 4.78 is 18.8. The van der Waals surface area contributed by atoms with Gasteiger partial charge in [0, 0.05) is 6.54 Å². The first-order valence-electron chi connectivity index (χ1n) is 6.20. The molecule has 1 rings (SSSR count). The summed E-state index contributed by atoms with van der Waals surface area (Å²) in [5.41, 5.74) is 5.02. The number of nitrogens with two attached hydrogens (primary N) is 1. The Kier molecular flexibility index (Phi) is 4.89. The number of rotatable bonds is 5. The Morgan fingerprint density at radius 1 is 1.53 bits per heavy atom. The van der Waals surface area contributed by atoms with Crippen LogP contribution in [0.15, 0.2) is 18.2 Å². The van der Waals surface area contributed by atoms with Crippen molar-refractivity contribution in [2.24, 2.45) is 11.7 Å². The zero-order valence-electron chi connectivity index (χ0n) is 11.8. The Bertz CT molecular complexity index is 463. The normalized spacial score (nSPS) is 14.1. The molecule has 1 amide bonds. The third kappa shape index (κ3) is 3.23. The monoisotopic (exact) mass is 268 g/mol. The lowest BCUT2D eigenvalue weighted by molar-refractivity contribution is 0.0875. The second kappa shape index (κ2) is 6.02. The third-order valence-corrected chi connectivity index (χ3v) is 3.52. The van der Waals surface area contributed by atoms with E-state index in [1.807, 2.05) is 20.8 Å². The summed E-state index contributed by atoms with van der Waals surface area (Å²) in [7, 11) is 1.40. The molecule has 4 nitrogen and oxygen atoms in total. The predicted molar refractivity (Wildman–Crippen MR) is 72.7 cm³/mol. The SMILES string of the molecule is COc1cccc(F)c1C(=O)NC(C)(CN)C(C)C. The van der Waals surface area contributed by atoms with Crippen molar-refractivity contribution >= 4 is 5.91 Å². The summed E-state index contributed by atoms with van der Waals surface area (Å²) in [5, 5.41) is 2.79. The van der Waals surface area contributed by atoms with E-state index in [1.54, 1.807) is 6.07 Å². The number of benzene rings is 1. The molecule has 0 heterocycles. The van der Waals surface area contributed by atoms with Gasteiger partial charge in [-0.3, -0.25) is 4.79 Å². The molecule has 0 aliphatic rings. The Balaban J connectivity index is 3.08. The van der Waals surface area contributed by atoms with Crippen molar-refractivity contribution in [1.29, 1.82) is 0 Å². The molecule has 5 heteroatoms. The topological polar surface area (TPSA) is 64.3 Å². The highest BCUT2D eigenvalue weighted by Gasteiger charge is 2.30. The van der Waals surface area contributed by atoms with Crippen LogP contribution < -0.4 is 15.8 Å². The first-order chi connectivity index (χ1) is 8.85. The third-order valence-electron chi connectivity index (χ3n) is 3.52. The number of carbonyl (C=O) groups is 1. The summed E-state index contributed by atoms with van der Waals surface area (Å²) in [6.45, 7) is 6.01. The van der Waals surface area contributed by atoms with Crippen LogP contribution in [0, 0.1) is 11.7 Å². The molecule has 1 atom stereocenters. The minimum absolute atomic E-state index is 0.0923. The van der Waals surface area contributed by atoms with E-state index >= 15 is 0 Å². The molecule has 1 aromatic rings. The molecule has 0 fully saturated rings. The largest absolute Gasteiger partial charge is 0.496 e. The van der Waals surface area contributed by atoms with Crippen LogP contribution >= 0.6 is 0 Å². The van der Waals surface area contributed by atoms with Gasteiger partial charge in [0.2, 0.25) is 0 Å².